The van der Waals surface area contributed by atoms with Crippen LogP contribution < -0.4 is 10.1 Å². The molecule has 1 saturated heterocycles. The molecule has 0 aromatic heterocycles. The first kappa shape index (κ1) is 21.2. The smallest absolute Gasteiger partial charge is 0.261 e. The molecule has 27 heavy (non-hydrogen) atoms. The van der Waals surface area contributed by atoms with E-state index < -0.39 is 16.1 Å². The first-order valence-electron chi connectivity index (χ1n) is 9.11. The van der Waals surface area contributed by atoms with Gasteiger partial charge >= 0.3 is 0 Å². The predicted octanol–water partition coefficient (Wildman–Crippen LogP) is 1.75. The van der Waals surface area contributed by atoms with E-state index in [1.165, 1.54) is 10.6 Å². The number of benzene rings is 1. The van der Waals surface area contributed by atoms with Gasteiger partial charge in [0, 0.05) is 19.6 Å². The van der Waals surface area contributed by atoms with Gasteiger partial charge in [0.2, 0.25) is 10.0 Å². The fraction of sp³-hybridized carbons (Fsp3) is 0.579. The van der Waals surface area contributed by atoms with Crippen LogP contribution in [-0.2, 0) is 14.8 Å². The molecule has 2 rings (SSSR count). The summed E-state index contributed by atoms with van der Waals surface area (Å²) in [5.41, 5.74) is 0.393. The zero-order valence-corrected chi connectivity index (χ0v) is 16.8. The Kier molecular flexibility index (Phi) is 7.22. The van der Waals surface area contributed by atoms with Crippen molar-refractivity contribution in [2.24, 2.45) is 11.8 Å². The van der Waals surface area contributed by atoms with Crippen molar-refractivity contribution in [3.05, 3.63) is 29.8 Å². The lowest BCUT2D eigenvalue weighted by Gasteiger charge is -2.31. The summed E-state index contributed by atoms with van der Waals surface area (Å²) in [4.78, 5) is 12.6. The number of para-hydroxylation sites is 1. The van der Waals surface area contributed by atoms with Gasteiger partial charge in [0.1, 0.15) is 11.8 Å². The molecular weight excluding hydrogens is 366 g/mol. The Morgan fingerprint density at radius 1 is 1.33 bits per heavy atom. The molecular formula is C19H27N3O4S. The molecule has 0 bridgehead atoms. The van der Waals surface area contributed by atoms with E-state index in [-0.39, 0.29) is 17.7 Å². The number of hydrogen-bond donors (Lipinski definition) is 1. The normalized spacial score (nSPS) is 17.3. The molecule has 148 valence electrons. The second-order valence-electron chi connectivity index (χ2n) is 7.24. The third-order valence-electron chi connectivity index (χ3n) is 4.73. The number of ether oxygens (including phenoxy) is 1. The third kappa shape index (κ3) is 5.94. The summed E-state index contributed by atoms with van der Waals surface area (Å²) < 4.78 is 30.4. The Morgan fingerprint density at radius 2 is 1.96 bits per heavy atom. The summed E-state index contributed by atoms with van der Waals surface area (Å²) in [6.07, 6.45) is 1.96. The molecule has 1 aromatic carbocycles. The standard InChI is InChI=1S/C19H27N3O4S/c1-14(2)18(26-17-7-5-4-6-16(17)12-20)19(23)21-13-15-8-10-22(11-9-15)27(3,24)25/h4-7,14-15,18H,8-11,13H2,1-3H3,(H,21,23). The van der Waals surface area contributed by atoms with Crippen LogP contribution in [0, 0.1) is 23.2 Å². The van der Waals surface area contributed by atoms with Gasteiger partial charge in [-0.2, -0.15) is 5.26 Å². The van der Waals surface area contributed by atoms with E-state index in [2.05, 4.69) is 11.4 Å². The van der Waals surface area contributed by atoms with E-state index in [1.807, 2.05) is 13.8 Å². The molecule has 1 atom stereocenters. The van der Waals surface area contributed by atoms with E-state index in [4.69, 9.17) is 4.74 Å². The minimum atomic E-state index is -3.15. The topological polar surface area (TPSA) is 99.5 Å². The summed E-state index contributed by atoms with van der Waals surface area (Å²) in [5.74, 6) is 0.355. The number of carbonyl (C=O) groups excluding carboxylic acids is 1. The van der Waals surface area contributed by atoms with Crippen molar-refractivity contribution in [3.8, 4) is 11.8 Å². The van der Waals surface area contributed by atoms with Crippen LogP contribution in [0.5, 0.6) is 5.75 Å². The summed E-state index contributed by atoms with van der Waals surface area (Å²) in [5, 5.41) is 12.1. The van der Waals surface area contributed by atoms with Crippen LogP contribution in [0.3, 0.4) is 0 Å². The molecule has 1 aliphatic heterocycles. The minimum absolute atomic E-state index is 0.0659. The van der Waals surface area contributed by atoms with Crippen molar-refractivity contribution < 1.29 is 17.9 Å². The van der Waals surface area contributed by atoms with E-state index in [9.17, 15) is 18.5 Å². The minimum Gasteiger partial charge on any atom is -0.479 e. The van der Waals surface area contributed by atoms with Gasteiger partial charge in [-0.05, 0) is 36.8 Å². The van der Waals surface area contributed by atoms with E-state index in [0.29, 0.717) is 30.9 Å². The summed E-state index contributed by atoms with van der Waals surface area (Å²) in [6, 6.07) is 8.92. The van der Waals surface area contributed by atoms with Crippen LogP contribution in [0.4, 0.5) is 0 Å². The number of nitrogens with one attached hydrogen (secondary N) is 1. The van der Waals surface area contributed by atoms with Crippen LogP contribution >= 0.6 is 0 Å². The Hall–Kier alpha value is -2.11. The lowest BCUT2D eigenvalue weighted by Crippen LogP contribution is -2.45. The molecule has 0 saturated carbocycles. The average Bonchev–Trinajstić information content (AvgIpc) is 2.63. The van der Waals surface area contributed by atoms with Gasteiger partial charge in [-0.25, -0.2) is 12.7 Å². The second-order valence-corrected chi connectivity index (χ2v) is 9.22. The highest BCUT2D eigenvalue weighted by atomic mass is 32.2. The van der Waals surface area contributed by atoms with Crippen LogP contribution in [-0.4, -0.2) is 50.6 Å². The molecule has 1 unspecified atom stereocenters. The Balaban J connectivity index is 1.92. The molecule has 7 nitrogen and oxygen atoms in total. The lowest BCUT2D eigenvalue weighted by molar-refractivity contribution is -0.130. The molecule has 0 aliphatic carbocycles. The number of piperidine rings is 1. The first-order chi connectivity index (χ1) is 12.7. The third-order valence-corrected chi connectivity index (χ3v) is 6.04. The van der Waals surface area contributed by atoms with Crippen LogP contribution in [0.15, 0.2) is 24.3 Å². The maximum absolute atomic E-state index is 12.6. The molecule has 1 fully saturated rings. The highest BCUT2D eigenvalue weighted by molar-refractivity contribution is 7.88. The highest BCUT2D eigenvalue weighted by Crippen LogP contribution is 2.22. The Morgan fingerprint density at radius 3 is 2.52 bits per heavy atom. The SMILES string of the molecule is CC(C)C(Oc1ccccc1C#N)C(=O)NCC1CCN(S(C)(=O)=O)CC1. The van der Waals surface area contributed by atoms with Crippen molar-refractivity contribution in [1.82, 2.24) is 9.62 Å². The molecule has 1 aromatic rings. The number of rotatable bonds is 7. The number of nitrogens with zero attached hydrogens (tertiary/aromatic N) is 2. The highest BCUT2D eigenvalue weighted by Gasteiger charge is 2.28. The molecule has 1 N–H and O–H groups in total. The van der Waals surface area contributed by atoms with Gasteiger partial charge in [-0.3, -0.25) is 4.79 Å². The number of hydrogen-bond acceptors (Lipinski definition) is 5. The first-order valence-corrected chi connectivity index (χ1v) is 11.0. The fourth-order valence-corrected chi connectivity index (χ4v) is 3.96. The molecule has 8 heteroatoms. The van der Waals surface area contributed by atoms with Gasteiger partial charge < -0.3 is 10.1 Å². The number of nitriles is 1. The Bertz CT molecular complexity index is 793. The van der Waals surface area contributed by atoms with Gasteiger partial charge in [0.05, 0.1) is 11.8 Å². The number of amides is 1. The van der Waals surface area contributed by atoms with Crippen LogP contribution in [0.25, 0.3) is 0 Å². The number of sulfonamides is 1. The average molecular weight is 394 g/mol. The van der Waals surface area contributed by atoms with Gasteiger partial charge in [-0.1, -0.05) is 26.0 Å². The summed E-state index contributed by atoms with van der Waals surface area (Å²) in [7, 11) is -3.15. The van der Waals surface area contributed by atoms with Crippen molar-refractivity contribution in [2.75, 3.05) is 25.9 Å². The molecule has 0 spiro atoms. The largest absolute Gasteiger partial charge is 0.479 e. The van der Waals surface area contributed by atoms with Gasteiger partial charge in [0.25, 0.3) is 5.91 Å². The van der Waals surface area contributed by atoms with Crippen molar-refractivity contribution in [1.29, 1.82) is 5.26 Å². The molecule has 1 aliphatic rings. The van der Waals surface area contributed by atoms with Crippen LogP contribution in [0.2, 0.25) is 0 Å². The van der Waals surface area contributed by atoms with E-state index >= 15 is 0 Å². The molecule has 1 amide bonds. The van der Waals surface area contributed by atoms with E-state index in [1.54, 1.807) is 24.3 Å². The lowest BCUT2D eigenvalue weighted by atomic mass is 9.97. The van der Waals surface area contributed by atoms with Gasteiger partial charge in [0.15, 0.2) is 6.10 Å². The van der Waals surface area contributed by atoms with Gasteiger partial charge in [-0.15, -0.1) is 0 Å². The van der Waals surface area contributed by atoms with Crippen molar-refractivity contribution in [3.63, 3.8) is 0 Å². The maximum Gasteiger partial charge on any atom is 0.261 e. The monoisotopic (exact) mass is 393 g/mol. The predicted molar refractivity (Wildman–Crippen MR) is 103 cm³/mol. The summed E-state index contributed by atoms with van der Waals surface area (Å²) >= 11 is 0. The zero-order chi connectivity index (χ0) is 20.0. The quantitative estimate of drug-likeness (QED) is 0.761. The van der Waals surface area contributed by atoms with Crippen molar-refractivity contribution >= 4 is 15.9 Å². The maximum atomic E-state index is 12.6. The van der Waals surface area contributed by atoms with Crippen LogP contribution in [0.1, 0.15) is 32.3 Å². The molecule has 1 heterocycles. The zero-order valence-electron chi connectivity index (χ0n) is 16.0. The fourth-order valence-electron chi connectivity index (χ4n) is 3.08. The number of carbonyl (C=O) groups is 1. The summed E-state index contributed by atoms with van der Waals surface area (Å²) in [6.45, 7) is 5.24. The van der Waals surface area contributed by atoms with Crippen molar-refractivity contribution in [2.45, 2.75) is 32.8 Å². The Labute approximate surface area is 161 Å². The van der Waals surface area contributed by atoms with E-state index in [0.717, 1.165) is 12.8 Å². The second kappa shape index (κ2) is 9.20. The molecule has 0 radical (unpaired) electrons.